The number of hydrogen-bond donors (Lipinski definition) is 0. The van der Waals surface area contributed by atoms with E-state index in [1.54, 1.807) is 26.0 Å². The third kappa shape index (κ3) is 6.87. The molecule has 6 aromatic rings. The number of hydrogen-bond acceptors (Lipinski definition) is 0. The van der Waals surface area contributed by atoms with E-state index in [0.717, 1.165) is 49.9 Å². The summed E-state index contributed by atoms with van der Waals surface area (Å²) in [5, 5.41) is 5.72. The Bertz CT molecular complexity index is 1910. The van der Waals surface area contributed by atoms with E-state index in [-0.39, 0.29) is 26.2 Å². The molecule has 0 aromatic heterocycles. The Hall–Kier alpha value is -3.22. The van der Waals surface area contributed by atoms with E-state index in [4.69, 9.17) is 0 Å². The molecule has 0 N–H and O–H groups in total. The molecule has 0 saturated carbocycles. The normalized spacial score (nSPS) is 11.9. The molecule has 0 saturated heterocycles. The van der Waals surface area contributed by atoms with Crippen molar-refractivity contribution in [3.63, 3.8) is 0 Å². The molecule has 6 rings (SSSR count). The van der Waals surface area contributed by atoms with E-state index in [1.807, 2.05) is 48.5 Å². The van der Waals surface area contributed by atoms with Crippen LogP contribution in [-0.4, -0.2) is 8.80 Å². The minimum Gasteiger partial charge on any atom is -0.166 e. The topological polar surface area (TPSA) is 0 Å². The fourth-order valence-electron chi connectivity index (χ4n) is 5.56. The Morgan fingerprint density at radius 1 is 0.568 bits per heavy atom. The summed E-state index contributed by atoms with van der Waals surface area (Å²) < 4.78 is 76.8. The van der Waals surface area contributed by atoms with Crippen LogP contribution in [0, 0.1) is 13.8 Å². The van der Waals surface area contributed by atoms with Gasteiger partial charge in [0.2, 0.25) is 0 Å². The molecule has 0 fully saturated rings. The first kappa shape index (κ1) is 33.7. The predicted octanol–water partition coefficient (Wildman–Crippen LogP) is 11.1. The molecule has 8 heteroatoms. The first-order valence-electron chi connectivity index (χ1n) is 13.8. The summed E-state index contributed by atoms with van der Waals surface area (Å²) in [4.78, 5) is 0. The second-order valence-electron chi connectivity index (χ2n) is 10.9. The molecule has 6 aromatic carbocycles. The van der Waals surface area contributed by atoms with Crippen LogP contribution in [0.25, 0.3) is 43.8 Å². The zero-order valence-electron chi connectivity index (χ0n) is 24.6. The summed E-state index contributed by atoms with van der Waals surface area (Å²) in [6.07, 6.45) is -8.60. The fraction of sp³-hybridized carbons (Fsp3) is 0.167. The summed E-state index contributed by atoms with van der Waals surface area (Å²) in [6.45, 7) is 7.89. The number of rotatable bonds is 3. The Kier molecular flexibility index (Phi) is 9.96. The quantitative estimate of drug-likeness (QED) is 0.0983. The maximum atomic E-state index is 12.9. The molecule has 0 amide bonds. The summed E-state index contributed by atoms with van der Waals surface area (Å²) in [7, 11) is -0.727. The van der Waals surface area contributed by atoms with Crippen molar-refractivity contribution in [1.29, 1.82) is 0 Å². The van der Waals surface area contributed by atoms with Crippen molar-refractivity contribution in [3.8, 4) is 22.3 Å². The van der Waals surface area contributed by atoms with Crippen molar-refractivity contribution in [2.24, 2.45) is 0 Å². The van der Waals surface area contributed by atoms with E-state index in [0.29, 0.717) is 11.1 Å². The predicted molar refractivity (Wildman–Crippen MR) is 167 cm³/mol. The number of fused-ring (bicyclic) bond motifs is 2. The summed E-state index contributed by atoms with van der Waals surface area (Å²) in [5.41, 5.74) is 3.94. The molecular formula is C36H29F6SiZr. The monoisotopic (exact) mass is 693 g/mol. The van der Waals surface area contributed by atoms with Crippen molar-refractivity contribution in [1.82, 2.24) is 0 Å². The third-order valence-corrected chi connectivity index (χ3v) is 9.16. The van der Waals surface area contributed by atoms with Gasteiger partial charge in [-0.05, 0) is 0 Å². The molecule has 1 radical (unpaired) electrons. The number of halogens is 6. The maximum Gasteiger partial charge on any atom is 2.00 e. The van der Waals surface area contributed by atoms with Gasteiger partial charge in [-0.25, -0.2) is 0 Å². The molecule has 0 aliphatic carbocycles. The zero-order valence-corrected chi connectivity index (χ0v) is 28.0. The molecule has 0 spiro atoms. The molecule has 44 heavy (non-hydrogen) atoms. The van der Waals surface area contributed by atoms with E-state index >= 15 is 0 Å². The van der Waals surface area contributed by atoms with Gasteiger partial charge >= 0.3 is 38.6 Å². The SMILES string of the molecule is Cc1cc(C(F)(F)F)ccc1-[c-]1c([Si](C)C)cc2ccccc21.Cc1cc(C(F)(F)F)ccc1-[c-]1ccc2ccccc21.[Zr+2]. The largest absolute Gasteiger partial charge is 2.00 e. The molecule has 0 bridgehead atoms. The molecule has 0 heterocycles. The van der Waals surface area contributed by atoms with E-state index in [9.17, 15) is 26.3 Å². The average molecular weight is 695 g/mol. The molecule has 0 aliphatic rings. The van der Waals surface area contributed by atoms with Gasteiger partial charge in [0.05, 0.1) is 8.80 Å². The van der Waals surface area contributed by atoms with Gasteiger partial charge in [0, 0.05) is 11.1 Å². The second-order valence-corrected chi connectivity index (χ2v) is 13.4. The Labute approximate surface area is 273 Å². The van der Waals surface area contributed by atoms with Gasteiger partial charge in [0.15, 0.2) is 0 Å². The molecular weight excluding hydrogens is 666 g/mol. The van der Waals surface area contributed by atoms with Gasteiger partial charge in [0.1, 0.15) is 0 Å². The van der Waals surface area contributed by atoms with Crippen LogP contribution in [0.1, 0.15) is 22.3 Å². The van der Waals surface area contributed by atoms with Gasteiger partial charge in [-0.3, -0.25) is 0 Å². The van der Waals surface area contributed by atoms with Crippen molar-refractivity contribution in [2.75, 3.05) is 0 Å². The van der Waals surface area contributed by atoms with E-state index in [1.165, 1.54) is 23.4 Å². The van der Waals surface area contributed by atoms with Crippen molar-refractivity contribution in [3.05, 3.63) is 125 Å². The van der Waals surface area contributed by atoms with Crippen LogP contribution in [0.3, 0.4) is 0 Å². The van der Waals surface area contributed by atoms with Gasteiger partial charge in [0.25, 0.3) is 0 Å². The Balaban J connectivity index is 0.000000198. The van der Waals surface area contributed by atoms with Gasteiger partial charge < -0.3 is 0 Å². The smallest absolute Gasteiger partial charge is 0.166 e. The summed E-state index contributed by atoms with van der Waals surface area (Å²) >= 11 is 0. The molecule has 0 unspecified atom stereocenters. The van der Waals surface area contributed by atoms with E-state index < -0.39 is 32.3 Å². The molecule has 223 valence electrons. The van der Waals surface area contributed by atoms with Crippen LogP contribution in [-0.2, 0) is 38.6 Å². The first-order chi connectivity index (χ1) is 20.3. The minimum atomic E-state index is -4.30. The Morgan fingerprint density at radius 3 is 1.59 bits per heavy atom. The van der Waals surface area contributed by atoms with E-state index in [2.05, 4.69) is 31.3 Å². The van der Waals surface area contributed by atoms with Crippen molar-refractivity contribution in [2.45, 2.75) is 39.3 Å². The standard InChI is InChI=1S/C19H17F3Si.C17H12F3.Zr/c1-12-10-14(19(20,21)22)8-9-15(12)18-16-7-5-4-6-13(16)11-17(18)23(2)3;1-11-10-13(17(18,19)20)7-9-14(11)16-8-6-12-4-2-3-5-15(12)16;/h4-11H,1-3H3;2-10H,1H3;/q2*-1;+2. The van der Waals surface area contributed by atoms with Crippen LogP contribution in [0.15, 0.2) is 103 Å². The zero-order chi connectivity index (χ0) is 31.1. The minimum absolute atomic E-state index is 0. The molecule has 0 aliphatic heterocycles. The third-order valence-electron chi connectivity index (χ3n) is 7.69. The molecule has 0 atom stereocenters. The van der Waals surface area contributed by atoms with Crippen LogP contribution in [0.2, 0.25) is 13.1 Å². The van der Waals surface area contributed by atoms with Gasteiger partial charge in [-0.1, -0.05) is 143 Å². The summed E-state index contributed by atoms with van der Waals surface area (Å²) in [5.74, 6) is 0. The number of benzene rings is 4. The van der Waals surface area contributed by atoms with Crippen molar-refractivity contribution >= 4 is 35.5 Å². The fourth-order valence-corrected chi connectivity index (χ4v) is 6.77. The summed E-state index contributed by atoms with van der Waals surface area (Å²) in [6, 6.07) is 30.1. The maximum absolute atomic E-state index is 12.9. The van der Waals surface area contributed by atoms with Crippen LogP contribution >= 0.6 is 0 Å². The van der Waals surface area contributed by atoms with Crippen LogP contribution in [0.5, 0.6) is 0 Å². The van der Waals surface area contributed by atoms with Crippen LogP contribution < -0.4 is 5.19 Å². The average Bonchev–Trinajstić information content (AvgIpc) is 3.55. The second kappa shape index (κ2) is 13.0. The number of alkyl halides is 6. The van der Waals surface area contributed by atoms with Gasteiger partial charge in [-0.15, -0.1) is 47.7 Å². The van der Waals surface area contributed by atoms with Gasteiger partial charge in [-0.2, -0.15) is 26.3 Å². The van der Waals surface area contributed by atoms with Crippen LogP contribution in [0.4, 0.5) is 26.3 Å². The first-order valence-corrected chi connectivity index (χ1v) is 16.3. The molecule has 0 nitrogen and oxygen atoms in total. The Morgan fingerprint density at radius 2 is 1.07 bits per heavy atom. The number of aryl methyl sites for hydroxylation is 2. The van der Waals surface area contributed by atoms with Crippen molar-refractivity contribution < 1.29 is 52.5 Å².